The average molecular weight is 310 g/mol. The molecule has 0 aliphatic carbocycles. The third-order valence-electron chi connectivity index (χ3n) is 4.32. The minimum absolute atomic E-state index is 0.494. The quantitative estimate of drug-likeness (QED) is 0.805. The van der Waals surface area contributed by atoms with Crippen LogP contribution in [0.5, 0.6) is 0 Å². The molecule has 6 heteroatoms. The lowest BCUT2D eigenvalue weighted by molar-refractivity contribution is 0.0276. The summed E-state index contributed by atoms with van der Waals surface area (Å²) >= 11 is 1.74. The van der Waals surface area contributed by atoms with E-state index in [1.165, 1.54) is 18.0 Å². The summed E-state index contributed by atoms with van der Waals surface area (Å²) in [5.41, 5.74) is 0. The Bertz CT molecular complexity index is 386. The van der Waals surface area contributed by atoms with Crippen molar-refractivity contribution in [1.29, 1.82) is 0 Å². The van der Waals surface area contributed by atoms with E-state index in [2.05, 4.69) is 25.5 Å². The van der Waals surface area contributed by atoms with Crippen LogP contribution in [-0.4, -0.2) is 68.4 Å². The molecule has 0 spiro atoms. The number of rotatable bonds is 6. The fourth-order valence-corrected chi connectivity index (χ4v) is 3.73. The van der Waals surface area contributed by atoms with E-state index in [0.717, 1.165) is 58.8 Å². The Hall–Kier alpha value is -0.690. The van der Waals surface area contributed by atoms with E-state index in [9.17, 15) is 0 Å². The summed E-state index contributed by atoms with van der Waals surface area (Å²) in [7, 11) is 0. The van der Waals surface area contributed by atoms with Crippen molar-refractivity contribution in [2.75, 3.05) is 57.3 Å². The molecule has 0 radical (unpaired) electrons. The maximum absolute atomic E-state index is 5.97. The number of piperazine rings is 1. The zero-order valence-corrected chi connectivity index (χ0v) is 13.5. The normalized spacial score (nSPS) is 21.8. The number of nitrogens with one attached hydrogen (secondary N) is 1. The first-order valence-electron chi connectivity index (χ1n) is 8.11. The number of anilines is 1. The molecule has 2 fully saturated rings. The lowest BCUT2D eigenvalue weighted by Gasteiger charge is -2.34. The summed E-state index contributed by atoms with van der Waals surface area (Å²) in [6.45, 7) is 8.80. The molecule has 1 aromatic heterocycles. The van der Waals surface area contributed by atoms with Gasteiger partial charge in [0.25, 0.3) is 0 Å². The second-order valence-corrected chi connectivity index (χ2v) is 6.69. The summed E-state index contributed by atoms with van der Waals surface area (Å²) in [5, 5.41) is 6.60. The van der Waals surface area contributed by atoms with Crippen LogP contribution in [0.15, 0.2) is 11.6 Å². The van der Waals surface area contributed by atoms with Gasteiger partial charge < -0.3 is 15.0 Å². The Morgan fingerprint density at radius 3 is 2.76 bits per heavy atom. The van der Waals surface area contributed by atoms with Crippen LogP contribution in [-0.2, 0) is 4.74 Å². The van der Waals surface area contributed by atoms with E-state index in [4.69, 9.17) is 4.74 Å². The Morgan fingerprint density at radius 1 is 1.24 bits per heavy atom. The van der Waals surface area contributed by atoms with Crippen LogP contribution in [0.25, 0.3) is 0 Å². The van der Waals surface area contributed by atoms with Crippen LogP contribution in [0, 0.1) is 0 Å². The minimum atomic E-state index is 0.494. The zero-order valence-electron chi connectivity index (χ0n) is 12.7. The fraction of sp³-hybridized carbons (Fsp3) is 0.800. The molecule has 0 bridgehead atoms. The van der Waals surface area contributed by atoms with Gasteiger partial charge in [-0.25, -0.2) is 4.98 Å². The van der Waals surface area contributed by atoms with Gasteiger partial charge in [0, 0.05) is 50.9 Å². The molecule has 0 unspecified atom stereocenters. The monoisotopic (exact) mass is 310 g/mol. The fourth-order valence-electron chi connectivity index (χ4n) is 3.04. The van der Waals surface area contributed by atoms with Crippen molar-refractivity contribution in [3.8, 4) is 0 Å². The second kappa shape index (κ2) is 8.08. The van der Waals surface area contributed by atoms with Gasteiger partial charge in [-0.2, -0.15) is 0 Å². The van der Waals surface area contributed by atoms with E-state index in [1.807, 2.05) is 6.20 Å². The smallest absolute Gasteiger partial charge is 0.185 e. The van der Waals surface area contributed by atoms with Crippen molar-refractivity contribution in [2.45, 2.75) is 25.4 Å². The molecule has 1 aromatic rings. The summed E-state index contributed by atoms with van der Waals surface area (Å²) in [6.07, 6.45) is 5.89. The Balaban J connectivity index is 1.27. The van der Waals surface area contributed by atoms with E-state index in [0.29, 0.717) is 6.10 Å². The Kier molecular flexibility index (Phi) is 5.85. The molecule has 0 saturated carbocycles. The number of aromatic nitrogens is 1. The molecule has 5 nitrogen and oxygen atoms in total. The third kappa shape index (κ3) is 4.64. The summed E-state index contributed by atoms with van der Waals surface area (Å²) < 4.78 is 5.97. The van der Waals surface area contributed by atoms with Crippen LogP contribution in [0.4, 0.5) is 5.13 Å². The van der Waals surface area contributed by atoms with E-state index in [-0.39, 0.29) is 0 Å². The summed E-state index contributed by atoms with van der Waals surface area (Å²) in [4.78, 5) is 9.34. The predicted octanol–water partition coefficient (Wildman–Crippen LogP) is 1.42. The van der Waals surface area contributed by atoms with Crippen LogP contribution in [0.1, 0.15) is 19.3 Å². The van der Waals surface area contributed by atoms with E-state index >= 15 is 0 Å². The maximum Gasteiger partial charge on any atom is 0.185 e. The van der Waals surface area contributed by atoms with Crippen molar-refractivity contribution < 1.29 is 4.74 Å². The van der Waals surface area contributed by atoms with Crippen molar-refractivity contribution in [2.24, 2.45) is 0 Å². The van der Waals surface area contributed by atoms with Crippen LogP contribution >= 0.6 is 11.3 Å². The van der Waals surface area contributed by atoms with Crippen LogP contribution < -0.4 is 10.2 Å². The molecule has 2 aliphatic heterocycles. The van der Waals surface area contributed by atoms with Crippen molar-refractivity contribution in [3.63, 3.8) is 0 Å². The molecule has 3 heterocycles. The van der Waals surface area contributed by atoms with Gasteiger partial charge in [0.2, 0.25) is 0 Å². The Labute approximate surface area is 131 Å². The molecule has 0 aromatic carbocycles. The lowest BCUT2D eigenvalue weighted by Crippen LogP contribution is -2.46. The molecule has 0 amide bonds. The van der Waals surface area contributed by atoms with Gasteiger partial charge in [-0.05, 0) is 32.4 Å². The van der Waals surface area contributed by atoms with Crippen LogP contribution in [0.3, 0.4) is 0 Å². The van der Waals surface area contributed by atoms with Crippen molar-refractivity contribution in [3.05, 3.63) is 11.6 Å². The number of thiazole rings is 1. The lowest BCUT2D eigenvalue weighted by atomic mass is 10.1. The predicted molar refractivity (Wildman–Crippen MR) is 87.2 cm³/mol. The van der Waals surface area contributed by atoms with E-state index < -0.39 is 0 Å². The number of piperidine rings is 1. The average Bonchev–Trinajstić information content (AvgIpc) is 3.08. The molecule has 2 saturated heterocycles. The SMILES string of the molecule is c1csc(N2CCN(CCCOC3CCNCC3)CC2)n1. The molecular formula is C15H26N4OS. The first-order chi connectivity index (χ1) is 10.4. The number of nitrogens with zero attached hydrogens (tertiary/aromatic N) is 3. The summed E-state index contributed by atoms with van der Waals surface area (Å²) in [6, 6.07) is 0. The van der Waals surface area contributed by atoms with Gasteiger partial charge in [0.15, 0.2) is 5.13 Å². The second-order valence-electron chi connectivity index (χ2n) is 5.82. The largest absolute Gasteiger partial charge is 0.378 e. The first-order valence-corrected chi connectivity index (χ1v) is 8.99. The molecular weight excluding hydrogens is 284 g/mol. The highest BCUT2D eigenvalue weighted by atomic mass is 32.1. The molecule has 118 valence electrons. The van der Waals surface area contributed by atoms with Crippen molar-refractivity contribution >= 4 is 16.5 Å². The number of ether oxygens (including phenoxy) is 1. The molecule has 1 N–H and O–H groups in total. The van der Waals surface area contributed by atoms with E-state index in [1.54, 1.807) is 11.3 Å². The highest BCUT2D eigenvalue weighted by molar-refractivity contribution is 7.13. The topological polar surface area (TPSA) is 40.6 Å². The standard InChI is InChI=1S/C15H26N4OS/c1(12-20-14-2-4-16-5-3-14)7-18-8-10-19(11-9-18)15-17-6-13-21-15/h6,13-14,16H,1-5,7-12H2. The highest BCUT2D eigenvalue weighted by Crippen LogP contribution is 2.18. The zero-order chi connectivity index (χ0) is 14.3. The molecule has 3 rings (SSSR count). The molecule has 21 heavy (non-hydrogen) atoms. The van der Waals surface area contributed by atoms with Gasteiger partial charge in [0.1, 0.15) is 0 Å². The molecule has 0 atom stereocenters. The van der Waals surface area contributed by atoms with Gasteiger partial charge >= 0.3 is 0 Å². The van der Waals surface area contributed by atoms with Crippen molar-refractivity contribution in [1.82, 2.24) is 15.2 Å². The maximum atomic E-state index is 5.97. The van der Waals surface area contributed by atoms with Gasteiger partial charge in [-0.15, -0.1) is 11.3 Å². The first kappa shape index (κ1) is 15.2. The number of hydrogen-bond donors (Lipinski definition) is 1. The van der Waals surface area contributed by atoms with Gasteiger partial charge in [0.05, 0.1) is 6.10 Å². The van der Waals surface area contributed by atoms with Gasteiger partial charge in [-0.3, -0.25) is 4.90 Å². The Morgan fingerprint density at radius 2 is 2.05 bits per heavy atom. The summed E-state index contributed by atoms with van der Waals surface area (Å²) in [5.74, 6) is 0. The highest BCUT2D eigenvalue weighted by Gasteiger charge is 2.18. The third-order valence-corrected chi connectivity index (χ3v) is 5.15. The van der Waals surface area contributed by atoms with Gasteiger partial charge in [-0.1, -0.05) is 0 Å². The molecule has 2 aliphatic rings. The number of hydrogen-bond acceptors (Lipinski definition) is 6. The van der Waals surface area contributed by atoms with Crippen LogP contribution in [0.2, 0.25) is 0 Å². The minimum Gasteiger partial charge on any atom is -0.378 e.